The van der Waals surface area contributed by atoms with Crippen LogP contribution in [0, 0.1) is 6.92 Å². The van der Waals surface area contributed by atoms with E-state index in [-0.39, 0.29) is 12.1 Å². The van der Waals surface area contributed by atoms with Gasteiger partial charge in [-0.1, -0.05) is 0 Å². The molecule has 5 heterocycles. The molecule has 6 rings (SSSR count). The molecule has 204 valence electrons. The summed E-state index contributed by atoms with van der Waals surface area (Å²) in [6.07, 6.45) is 6.09. The van der Waals surface area contributed by atoms with Gasteiger partial charge in [-0.2, -0.15) is 5.10 Å². The van der Waals surface area contributed by atoms with Crippen molar-refractivity contribution < 1.29 is 14.3 Å². The number of anilines is 3. The number of fused-ring (bicyclic) bond motifs is 2. The van der Waals surface area contributed by atoms with Gasteiger partial charge in [0.05, 0.1) is 12.2 Å². The van der Waals surface area contributed by atoms with Crippen molar-refractivity contribution in [3.8, 4) is 11.5 Å². The van der Waals surface area contributed by atoms with Crippen LogP contribution in [0.4, 0.5) is 22.2 Å². The van der Waals surface area contributed by atoms with Gasteiger partial charge < -0.3 is 25.0 Å². The number of carbonyl (C=O) groups is 1. The van der Waals surface area contributed by atoms with Gasteiger partial charge in [0, 0.05) is 31.0 Å². The van der Waals surface area contributed by atoms with Crippen LogP contribution in [-0.4, -0.2) is 70.3 Å². The number of rotatable bonds is 6. The molecule has 13 heteroatoms. The number of ether oxygens (including phenoxy) is 2. The van der Waals surface area contributed by atoms with Crippen molar-refractivity contribution >= 4 is 40.2 Å². The molecular formula is C27H28N10O3. The van der Waals surface area contributed by atoms with Gasteiger partial charge in [-0.25, -0.2) is 34.2 Å². The van der Waals surface area contributed by atoms with Crippen LogP contribution in [0.25, 0.3) is 16.7 Å². The van der Waals surface area contributed by atoms with E-state index in [9.17, 15) is 4.79 Å². The quantitative estimate of drug-likeness (QED) is 0.317. The van der Waals surface area contributed by atoms with Gasteiger partial charge >= 0.3 is 6.09 Å². The Kier molecular flexibility index (Phi) is 6.25. The second kappa shape index (κ2) is 9.91. The predicted octanol–water partition coefficient (Wildman–Crippen LogP) is 4.34. The van der Waals surface area contributed by atoms with E-state index in [1.54, 1.807) is 21.8 Å². The maximum atomic E-state index is 12.2. The molecule has 0 spiro atoms. The summed E-state index contributed by atoms with van der Waals surface area (Å²) >= 11 is 0. The zero-order valence-electron chi connectivity index (χ0n) is 22.5. The minimum atomic E-state index is -0.528. The topological polar surface area (TPSA) is 145 Å². The molecule has 1 fully saturated rings. The first-order valence-electron chi connectivity index (χ1n) is 12.8. The fourth-order valence-corrected chi connectivity index (χ4v) is 4.21. The van der Waals surface area contributed by atoms with Gasteiger partial charge in [0.1, 0.15) is 40.8 Å². The lowest BCUT2D eigenvalue weighted by Gasteiger charge is -2.39. The first-order valence-corrected chi connectivity index (χ1v) is 12.8. The first kappa shape index (κ1) is 25.2. The number of carbonyl (C=O) groups excluding carboxylic acids is 1. The first-order chi connectivity index (χ1) is 19.2. The highest BCUT2D eigenvalue weighted by atomic mass is 16.6. The van der Waals surface area contributed by atoms with Crippen LogP contribution in [0.2, 0.25) is 0 Å². The number of nitrogens with one attached hydrogen (secondary N) is 2. The zero-order chi connectivity index (χ0) is 27.9. The fraction of sp³-hybridized carbons (Fsp3) is 0.296. The van der Waals surface area contributed by atoms with E-state index in [2.05, 4.69) is 40.7 Å². The van der Waals surface area contributed by atoms with Crippen LogP contribution in [0.1, 0.15) is 26.3 Å². The number of hydrogen-bond donors (Lipinski definition) is 2. The van der Waals surface area contributed by atoms with E-state index in [4.69, 9.17) is 9.47 Å². The summed E-state index contributed by atoms with van der Waals surface area (Å²) in [7, 11) is 0. The molecule has 0 aliphatic carbocycles. The van der Waals surface area contributed by atoms with Gasteiger partial charge in [0.15, 0.2) is 11.5 Å². The van der Waals surface area contributed by atoms with E-state index in [1.165, 1.54) is 12.7 Å². The monoisotopic (exact) mass is 540 g/mol. The van der Waals surface area contributed by atoms with Gasteiger partial charge in [-0.15, -0.1) is 0 Å². The molecule has 0 radical (unpaired) electrons. The van der Waals surface area contributed by atoms with Crippen LogP contribution in [0.3, 0.4) is 0 Å². The van der Waals surface area contributed by atoms with E-state index in [1.807, 2.05) is 58.0 Å². The molecule has 40 heavy (non-hydrogen) atoms. The zero-order valence-corrected chi connectivity index (χ0v) is 22.5. The smallest absolute Gasteiger partial charge is 0.410 e. The number of amides is 1. The molecule has 0 atom stereocenters. The number of likely N-dealkylation sites (tertiary alicyclic amines) is 1. The third-order valence-corrected chi connectivity index (χ3v) is 6.16. The van der Waals surface area contributed by atoms with Crippen molar-refractivity contribution in [2.75, 3.05) is 23.7 Å². The number of aryl methyl sites for hydroxylation is 1. The molecule has 1 amide bonds. The van der Waals surface area contributed by atoms with E-state index in [0.717, 1.165) is 17.0 Å². The average molecular weight is 541 g/mol. The van der Waals surface area contributed by atoms with Crippen molar-refractivity contribution in [1.82, 2.24) is 39.4 Å². The highest BCUT2D eigenvalue weighted by Crippen LogP contribution is 2.30. The molecule has 1 aromatic carbocycles. The summed E-state index contributed by atoms with van der Waals surface area (Å²) in [6, 6.07) is 9.46. The largest absolute Gasteiger partial charge is 0.457 e. The molecule has 1 saturated heterocycles. The molecule has 1 aliphatic heterocycles. The molecule has 0 bridgehead atoms. The molecule has 13 nitrogen and oxygen atoms in total. The van der Waals surface area contributed by atoms with Crippen LogP contribution >= 0.6 is 0 Å². The third kappa shape index (κ3) is 5.39. The van der Waals surface area contributed by atoms with Crippen LogP contribution in [0.5, 0.6) is 11.5 Å². The Morgan fingerprint density at radius 1 is 1.05 bits per heavy atom. The standard InChI is InChI=1S/C27H28N10O3/c1-16-9-17(5-6-21(16)39-19-7-8-37-22(10-19)30-15-32-37)33-24-23-20(29-14-31-24)11-28-25(35-23)34-18-12-36(13-18)26(38)40-27(2,3)4/h5-11,14-15,18H,12-13H2,1-4H3,(H,28,34,35)(H,29,31,33). The molecular weight excluding hydrogens is 512 g/mol. The third-order valence-electron chi connectivity index (χ3n) is 6.16. The molecule has 2 N–H and O–H groups in total. The highest BCUT2D eigenvalue weighted by molar-refractivity contribution is 5.87. The van der Waals surface area contributed by atoms with E-state index < -0.39 is 5.60 Å². The Hall–Kier alpha value is -5.07. The SMILES string of the molecule is Cc1cc(Nc2ncnc3cnc(NC4CN(C(=O)OC(C)(C)C)C4)nc23)ccc1Oc1ccn2ncnc2c1. The van der Waals surface area contributed by atoms with Gasteiger partial charge in [-0.3, -0.25) is 0 Å². The lowest BCUT2D eigenvalue weighted by molar-refractivity contribution is 0.0104. The average Bonchev–Trinajstić information content (AvgIpc) is 3.35. The normalized spacial score (nSPS) is 13.8. The number of nitrogens with zero attached hydrogens (tertiary/aromatic N) is 8. The van der Waals surface area contributed by atoms with E-state index in [0.29, 0.717) is 47.3 Å². The predicted molar refractivity (Wildman–Crippen MR) is 148 cm³/mol. The summed E-state index contributed by atoms with van der Waals surface area (Å²) in [5, 5.41) is 10.7. The second-order valence-corrected chi connectivity index (χ2v) is 10.5. The highest BCUT2D eigenvalue weighted by Gasteiger charge is 2.34. The van der Waals surface area contributed by atoms with Gasteiger partial charge in [-0.05, 0) is 57.5 Å². The lowest BCUT2D eigenvalue weighted by atomic mass is 10.1. The van der Waals surface area contributed by atoms with Crippen molar-refractivity contribution in [3.05, 3.63) is 60.9 Å². The Labute approximate surface area is 229 Å². The van der Waals surface area contributed by atoms with E-state index >= 15 is 0 Å². The summed E-state index contributed by atoms with van der Waals surface area (Å²) in [5.41, 5.74) is 3.10. The summed E-state index contributed by atoms with van der Waals surface area (Å²) < 4.78 is 13.2. The minimum Gasteiger partial charge on any atom is -0.457 e. The Morgan fingerprint density at radius 2 is 1.90 bits per heavy atom. The number of hydrogen-bond acceptors (Lipinski definition) is 11. The molecule has 5 aromatic rings. The molecule has 0 saturated carbocycles. The number of pyridine rings is 1. The minimum absolute atomic E-state index is 0.0201. The molecule has 0 unspecified atom stereocenters. The summed E-state index contributed by atoms with van der Waals surface area (Å²) in [5.74, 6) is 2.37. The maximum absolute atomic E-state index is 12.2. The lowest BCUT2D eigenvalue weighted by Crippen LogP contribution is -2.58. The molecule has 4 aromatic heterocycles. The van der Waals surface area contributed by atoms with Crippen molar-refractivity contribution in [2.24, 2.45) is 0 Å². The Bertz CT molecular complexity index is 1710. The Balaban J connectivity index is 1.14. The van der Waals surface area contributed by atoms with Crippen molar-refractivity contribution in [2.45, 2.75) is 39.3 Å². The fourth-order valence-electron chi connectivity index (χ4n) is 4.21. The maximum Gasteiger partial charge on any atom is 0.410 e. The van der Waals surface area contributed by atoms with Crippen LogP contribution in [-0.2, 0) is 4.74 Å². The van der Waals surface area contributed by atoms with Crippen LogP contribution < -0.4 is 15.4 Å². The number of aromatic nitrogens is 7. The van der Waals surface area contributed by atoms with Gasteiger partial charge in [0.25, 0.3) is 0 Å². The van der Waals surface area contributed by atoms with Crippen molar-refractivity contribution in [1.29, 1.82) is 0 Å². The van der Waals surface area contributed by atoms with Gasteiger partial charge in [0.2, 0.25) is 5.95 Å². The van der Waals surface area contributed by atoms with Crippen molar-refractivity contribution in [3.63, 3.8) is 0 Å². The summed E-state index contributed by atoms with van der Waals surface area (Å²) in [4.78, 5) is 35.8. The second-order valence-electron chi connectivity index (χ2n) is 10.5. The summed E-state index contributed by atoms with van der Waals surface area (Å²) in [6.45, 7) is 8.53. The number of benzene rings is 1. The van der Waals surface area contributed by atoms with Crippen LogP contribution in [0.15, 0.2) is 55.4 Å². The Morgan fingerprint density at radius 3 is 2.70 bits per heavy atom. The molecule has 1 aliphatic rings.